The fourth-order valence-corrected chi connectivity index (χ4v) is 3.00. The summed E-state index contributed by atoms with van der Waals surface area (Å²) in [6, 6.07) is 4.23. The number of aryl methyl sites for hydroxylation is 1. The molecule has 0 saturated carbocycles. The van der Waals surface area contributed by atoms with Gasteiger partial charge in [0.25, 0.3) is 5.91 Å². The molecule has 0 saturated heterocycles. The number of hydrogen-bond donors (Lipinski definition) is 2. The van der Waals surface area contributed by atoms with E-state index in [-0.39, 0.29) is 22.9 Å². The van der Waals surface area contributed by atoms with Crippen molar-refractivity contribution in [3.63, 3.8) is 0 Å². The van der Waals surface area contributed by atoms with E-state index < -0.39 is 11.9 Å². The predicted molar refractivity (Wildman–Crippen MR) is 88.6 cm³/mol. The van der Waals surface area contributed by atoms with Crippen LogP contribution in [0, 0.1) is 6.92 Å². The van der Waals surface area contributed by atoms with Gasteiger partial charge in [-0.1, -0.05) is 0 Å². The fourth-order valence-electron chi connectivity index (χ4n) is 3.00. The van der Waals surface area contributed by atoms with Gasteiger partial charge in [0.05, 0.1) is 12.7 Å². The average Bonchev–Trinajstić information content (AvgIpc) is 2.92. The molecule has 2 N–H and O–H groups in total. The number of carbonyl (C=O) groups excluding carboxylic acids is 2. The molecule has 130 valence electrons. The van der Waals surface area contributed by atoms with Gasteiger partial charge in [0.2, 0.25) is 0 Å². The lowest BCUT2D eigenvalue weighted by Crippen LogP contribution is -2.13. The molecule has 0 atom stereocenters. The Labute approximate surface area is 143 Å². The second-order valence-electron chi connectivity index (χ2n) is 5.81. The number of nitrogens with one attached hydrogen (secondary N) is 1. The Hall–Kier alpha value is -3.09. The molecule has 1 aliphatic carbocycles. The van der Waals surface area contributed by atoms with Gasteiger partial charge in [0, 0.05) is 30.2 Å². The highest BCUT2D eigenvalue weighted by molar-refractivity contribution is 6.07. The summed E-state index contributed by atoms with van der Waals surface area (Å²) in [4.78, 5) is 35.6. The van der Waals surface area contributed by atoms with Crippen LogP contribution in [-0.2, 0) is 6.42 Å². The van der Waals surface area contributed by atoms with Gasteiger partial charge in [-0.25, -0.2) is 4.79 Å². The molecule has 0 aliphatic heterocycles. The first-order valence-electron chi connectivity index (χ1n) is 7.80. The van der Waals surface area contributed by atoms with Crippen molar-refractivity contribution in [2.24, 2.45) is 0 Å². The molecule has 1 aromatic carbocycles. The number of fused-ring (bicyclic) bond motifs is 1. The molecule has 0 bridgehead atoms. The van der Waals surface area contributed by atoms with Gasteiger partial charge in [-0.05, 0) is 25.5 Å². The molecule has 7 nitrogen and oxygen atoms in total. The van der Waals surface area contributed by atoms with Crippen LogP contribution in [0.1, 0.15) is 55.4 Å². The van der Waals surface area contributed by atoms with E-state index in [1.54, 1.807) is 6.92 Å². The number of carbonyl (C=O) groups is 3. The smallest absolute Gasteiger partial charge is 0.339 e. The van der Waals surface area contributed by atoms with E-state index in [4.69, 9.17) is 14.3 Å². The lowest BCUT2D eigenvalue weighted by molar-refractivity contribution is 0.0693. The Balaban J connectivity index is 1.88. The zero-order valence-electron chi connectivity index (χ0n) is 13.8. The number of carboxylic acids is 1. The molecule has 0 fully saturated rings. The van der Waals surface area contributed by atoms with Gasteiger partial charge in [0.1, 0.15) is 17.1 Å². The summed E-state index contributed by atoms with van der Waals surface area (Å²) in [5.74, 6) is -0.836. The highest BCUT2D eigenvalue weighted by Gasteiger charge is 2.28. The Bertz CT molecular complexity index is 880. The van der Waals surface area contributed by atoms with Crippen LogP contribution in [0.3, 0.4) is 0 Å². The van der Waals surface area contributed by atoms with Crippen molar-refractivity contribution in [3.05, 3.63) is 46.4 Å². The van der Waals surface area contributed by atoms with Crippen molar-refractivity contribution < 1.29 is 28.6 Å². The van der Waals surface area contributed by atoms with Crippen LogP contribution >= 0.6 is 0 Å². The van der Waals surface area contributed by atoms with Crippen molar-refractivity contribution in [2.45, 2.75) is 26.2 Å². The Kier molecular flexibility index (Phi) is 4.31. The van der Waals surface area contributed by atoms with Gasteiger partial charge in [-0.15, -0.1) is 0 Å². The van der Waals surface area contributed by atoms with E-state index in [1.807, 2.05) is 0 Å². The van der Waals surface area contributed by atoms with Crippen LogP contribution < -0.4 is 10.1 Å². The van der Waals surface area contributed by atoms with E-state index in [0.717, 1.165) is 0 Å². The number of carboxylic acid groups (broad SMARTS) is 1. The van der Waals surface area contributed by atoms with Gasteiger partial charge in [-0.2, -0.15) is 0 Å². The number of furan rings is 1. The molecule has 25 heavy (non-hydrogen) atoms. The van der Waals surface area contributed by atoms with Crippen molar-refractivity contribution in [2.75, 3.05) is 12.4 Å². The van der Waals surface area contributed by atoms with Gasteiger partial charge < -0.3 is 19.6 Å². The zero-order valence-corrected chi connectivity index (χ0v) is 13.8. The number of anilines is 1. The first-order valence-corrected chi connectivity index (χ1v) is 7.80. The monoisotopic (exact) mass is 343 g/mol. The van der Waals surface area contributed by atoms with Crippen LogP contribution in [-0.4, -0.2) is 29.9 Å². The van der Waals surface area contributed by atoms with Crippen molar-refractivity contribution in [1.29, 1.82) is 0 Å². The van der Waals surface area contributed by atoms with Crippen LogP contribution in [0.25, 0.3) is 0 Å². The summed E-state index contributed by atoms with van der Waals surface area (Å²) in [6.07, 6.45) is 1.81. The minimum atomic E-state index is -1.12. The topological polar surface area (TPSA) is 106 Å². The van der Waals surface area contributed by atoms with Crippen molar-refractivity contribution in [3.8, 4) is 5.75 Å². The number of aromatic carboxylic acids is 1. The maximum Gasteiger partial charge on any atom is 0.339 e. The Morgan fingerprint density at radius 2 is 2.04 bits per heavy atom. The third-order valence-electron chi connectivity index (χ3n) is 4.20. The maximum absolute atomic E-state index is 12.5. The molecule has 1 amide bonds. The van der Waals surface area contributed by atoms with E-state index in [2.05, 4.69) is 5.32 Å². The lowest BCUT2D eigenvalue weighted by Gasteiger charge is -2.09. The number of ketones is 1. The highest BCUT2D eigenvalue weighted by atomic mass is 16.5. The van der Waals surface area contributed by atoms with Crippen molar-refractivity contribution >= 4 is 23.3 Å². The van der Waals surface area contributed by atoms with Gasteiger partial charge in [-0.3, -0.25) is 9.59 Å². The molecule has 7 heteroatoms. The summed E-state index contributed by atoms with van der Waals surface area (Å²) in [7, 11) is 1.35. The van der Waals surface area contributed by atoms with E-state index in [9.17, 15) is 14.4 Å². The largest absolute Gasteiger partial charge is 0.496 e. The first kappa shape index (κ1) is 16.8. The van der Waals surface area contributed by atoms with Crippen LogP contribution in [0.4, 0.5) is 5.69 Å². The minimum Gasteiger partial charge on any atom is -0.496 e. The summed E-state index contributed by atoms with van der Waals surface area (Å²) in [6.45, 7) is 1.69. The van der Waals surface area contributed by atoms with Crippen LogP contribution in [0.15, 0.2) is 22.6 Å². The standard InChI is InChI=1S/C18H17NO6/c1-9-15-12(20)4-3-5-13(15)25-16(9)17(21)19-10-6-7-11(18(22)23)14(8-10)24-2/h6-8H,3-5H2,1-2H3,(H,19,21)(H,22,23). The molecule has 2 aromatic rings. The average molecular weight is 343 g/mol. The molecule has 1 heterocycles. The summed E-state index contributed by atoms with van der Waals surface area (Å²) in [5, 5.41) is 11.7. The Morgan fingerprint density at radius 1 is 1.28 bits per heavy atom. The number of amides is 1. The summed E-state index contributed by atoms with van der Waals surface area (Å²) >= 11 is 0. The molecule has 1 aliphatic rings. The lowest BCUT2D eigenvalue weighted by atomic mass is 9.94. The summed E-state index contributed by atoms with van der Waals surface area (Å²) < 4.78 is 10.6. The number of ether oxygens (including phenoxy) is 1. The van der Waals surface area contributed by atoms with Crippen LogP contribution in [0.2, 0.25) is 0 Å². The van der Waals surface area contributed by atoms with Crippen LogP contribution in [0.5, 0.6) is 5.75 Å². The quantitative estimate of drug-likeness (QED) is 0.884. The minimum absolute atomic E-state index is 0.00395. The van der Waals surface area contributed by atoms with E-state index in [1.165, 1.54) is 25.3 Å². The third-order valence-corrected chi connectivity index (χ3v) is 4.20. The summed E-state index contributed by atoms with van der Waals surface area (Å²) in [5.41, 5.74) is 1.41. The molecular weight excluding hydrogens is 326 g/mol. The molecular formula is C18H17NO6. The second kappa shape index (κ2) is 6.43. The van der Waals surface area contributed by atoms with Crippen molar-refractivity contribution in [1.82, 2.24) is 0 Å². The number of rotatable bonds is 4. The number of Topliss-reactive ketones (excluding diaryl/α,β-unsaturated/α-hetero) is 1. The van der Waals surface area contributed by atoms with Gasteiger partial charge in [0.15, 0.2) is 11.5 Å². The number of hydrogen-bond acceptors (Lipinski definition) is 5. The third kappa shape index (κ3) is 3.00. The normalized spacial score (nSPS) is 13.3. The fraction of sp³-hybridized carbons (Fsp3) is 0.278. The highest BCUT2D eigenvalue weighted by Crippen LogP contribution is 2.30. The SMILES string of the molecule is COc1cc(NC(=O)c2oc3c(c2C)C(=O)CCC3)ccc1C(=O)O. The molecule has 0 spiro atoms. The molecule has 0 unspecified atom stereocenters. The predicted octanol–water partition coefficient (Wildman–Crippen LogP) is 3.07. The second-order valence-corrected chi connectivity index (χ2v) is 5.81. The number of methoxy groups -OCH3 is 1. The Morgan fingerprint density at radius 3 is 2.68 bits per heavy atom. The van der Waals surface area contributed by atoms with E-state index >= 15 is 0 Å². The maximum atomic E-state index is 12.5. The molecule has 1 aromatic heterocycles. The van der Waals surface area contributed by atoms with E-state index in [0.29, 0.717) is 41.8 Å². The molecule has 0 radical (unpaired) electrons. The zero-order chi connectivity index (χ0) is 18.1. The molecule has 3 rings (SSSR count). The first-order chi connectivity index (χ1) is 11.9. The number of benzene rings is 1. The van der Waals surface area contributed by atoms with Gasteiger partial charge >= 0.3 is 5.97 Å².